The quantitative estimate of drug-likeness (QED) is 0.0899. The van der Waals surface area contributed by atoms with Gasteiger partial charge in [-0.25, -0.2) is 0 Å². The van der Waals surface area contributed by atoms with Gasteiger partial charge in [0.2, 0.25) is 0 Å². The summed E-state index contributed by atoms with van der Waals surface area (Å²) in [5.74, 6) is 0.305. The summed E-state index contributed by atoms with van der Waals surface area (Å²) < 4.78 is 5.76. The van der Waals surface area contributed by atoms with Crippen LogP contribution in [0, 0.1) is 22.7 Å². The molecule has 42 heavy (non-hydrogen) atoms. The number of carbonyl (C=O) groups is 1. The van der Waals surface area contributed by atoms with Gasteiger partial charge in [-0.15, -0.1) is 0 Å². The zero-order chi connectivity index (χ0) is 29.9. The Labute approximate surface area is 256 Å². The van der Waals surface area contributed by atoms with Gasteiger partial charge >= 0.3 is 5.97 Å². The highest BCUT2D eigenvalue weighted by Crippen LogP contribution is 2.43. The fraction of sp³-hybridized carbons (Fsp3) is 0.658. The maximum Gasteiger partial charge on any atom is 0.314 e. The lowest BCUT2D eigenvalue weighted by atomic mass is 9.69. The lowest BCUT2D eigenvalue weighted by Crippen LogP contribution is -2.31. The minimum absolute atomic E-state index is 0.115. The highest BCUT2D eigenvalue weighted by molar-refractivity contribution is 5.75. The molecule has 1 saturated carbocycles. The monoisotopic (exact) mass is 572 g/mol. The van der Waals surface area contributed by atoms with Crippen LogP contribution in [0.25, 0.3) is 11.3 Å². The van der Waals surface area contributed by atoms with E-state index in [9.17, 15) is 10.1 Å². The van der Waals surface area contributed by atoms with Crippen LogP contribution in [0.4, 0.5) is 0 Å². The van der Waals surface area contributed by atoms with Gasteiger partial charge in [-0.3, -0.25) is 9.78 Å². The molecule has 0 saturated heterocycles. The van der Waals surface area contributed by atoms with Gasteiger partial charge in [0.25, 0.3) is 0 Å². The summed E-state index contributed by atoms with van der Waals surface area (Å²) >= 11 is 0. The number of nitrogens with zero attached hydrogens (tertiary/aromatic N) is 2. The molecule has 3 rings (SSSR count). The van der Waals surface area contributed by atoms with Crippen molar-refractivity contribution in [3.63, 3.8) is 0 Å². The van der Waals surface area contributed by atoms with E-state index in [0.29, 0.717) is 5.75 Å². The molecule has 1 aromatic heterocycles. The first-order valence-corrected chi connectivity index (χ1v) is 17.3. The van der Waals surface area contributed by atoms with Crippen molar-refractivity contribution >= 4 is 5.97 Å². The van der Waals surface area contributed by atoms with Crippen molar-refractivity contribution in [2.45, 2.75) is 149 Å². The second-order valence-corrected chi connectivity index (χ2v) is 12.8. The standard InChI is InChI=1S/C38H56N2O2/c1-3-5-7-9-11-12-14-16-18-32-19-24-36(40-30-32)33-20-22-35(23-21-33)42-37(41)34-25-28-38(31-39,29-26-34)27-17-15-13-10-8-6-4-2/h19-24,30,34H,3-18,25-29H2,1-2H3/t34-,38-. The summed E-state index contributed by atoms with van der Waals surface area (Å²) in [6.07, 6.45) is 26.7. The Morgan fingerprint density at radius 3 is 1.93 bits per heavy atom. The Balaban J connectivity index is 1.36. The van der Waals surface area contributed by atoms with Crippen LogP contribution < -0.4 is 4.74 Å². The van der Waals surface area contributed by atoms with E-state index in [1.165, 1.54) is 95.5 Å². The Kier molecular flexibility index (Phi) is 15.7. The maximum atomic E-state index is 12.9. The normalized spacial score (nSPS) is 18.5. The lowest BCUT2D eigenvalue weighted by Gasteiger charge is -2.34. The second kappa shape index (κ2) is 19.5. The molecule has 0 atom stereocenters. The molecule has 0 unspecified atom stereocenters. The first kappa shape index (κ1) is 33.8. The fourth-order valence-electron chi connectivity index (χ4n) is 6.34. The molecule has 1 aromatic carbocycles. The highest BCUT2D eigenvalue weighted by atomic mass is 16.5. The summed E-state index contributed by atoms with van der Waals surface area (Å²) in [5, 5.41) is 9.93. The highest BCUT2D eigenvalue weighted by Gasteiger charge is 2.38. The van der Waals surface area contributed by atoms with Gasteiger partial charge < -0.3 is 4.74 Å². The number of aromatic nitrogens is 1. The number of benzene rings is 1. The number of ether oxygens (including phenoxy) is 1. The van der Waals surface area contributed by atoms with Crippen LogP contribution in [0.5, 0.6) is 5.75 Å². The zero-order valence-electron chi connectivity index (χ0n) is 26.7. The first-order chi connectivity index (χ1) is 20.6. The summed E-state index contributed by atoms with van der Waals surface area (Å²) in [4.78, 5) is 17.6. The largest absolute Gasteiger partial charge is 0.426 e. The molecule has 0 N–H and O–H groups in total. The third kappa shape index (κ3) is 11.9. The molecule has 0 aliphatic heterocycles. The van der Waals surface area contributed by atoms with Gasteiger partial charge in [0.1, 0.15) is 5.75 Å². The average Bonchev–Trinajstić information content (AvgIpc) is 3.03. The van der Waals surface area contributed by atoms with Gasteiger partial charge in [-0.05, 0) is 80.8 Å². The molecule has 1 aliphatic carbocycles. The third-order valence-corrected chi connectivity index (χ3v) is 9.28. The Morgan fingerprint density at radius 2 is 1.38 bits per heavy atom. The number of pyridine rings is 1. The van der Waals surface area contributed by atoms with Crippen LogP contribution in [-0.2, 0) is 11.2 Å². The lowest BCUT2D eigenvalue weighted by molar-refractivity contribution is -0.140. The van der Waals surface area contributed by atoms with Crippen LogP contribution in [-0.4, -0.2) is 11.0 Å². The summed E-state index contributed by atoms with van der Waals surface area (Å²) in [6, 6.07) is 14.6. The molecule has 0 amide bonds. The van der Waals surface area contributed by atoms with E-state index in [4.69, 9.17) is 9.72 Å². The molecule has 4 heteroatoms. The number of hydrogen-bond acceptors (Lipinski definition) is 4. The molecule has 230 valence electrons. The SMILES string of the molecule is CCCCCCCCCCc1ccc(-c2ccc(OC(=O)[C@H]3CC[C@@](C#N)(CCCCCCCCC)CC3)cc2)nc1. The van der Waals surface area contributed by atoms with Crippen LogP contribution in [0.2, 0.25) is 0 Å². The minimum atomic E-state index is -0.252. The topological polar surface area (TPSA) is 63.0 Å². The van der Waals surface area contributed by atoms with Gasteiger partial charge in [0.15, 0.2) is 0 Å². The van der Waals surface area contributed by atoms with Crippen molar-refractivity contribution in [2.75, 3.05) is 0 Å². The number of nitriles is 1. The first-order valence-electron chi connectivity index (χ1n) is 17.3. The van der Waals surface area contributed by atoms with Crippen molar-refractivity contribution < 1.29 is 9.53 Å². The average molecular weight is 573 g/mol. The molecule has 0 radical (unpaired) electrons. The van der Waals surface area contributed by atoms with Crippen LogP contribution in [0.3, 0.4) is 0 Å². The predicted molar refractivity (Wildman–Crippen MR) is 174 cm³/mol. The third-order valence-electron chi connectivity index (χ3n) is 9.28. The molecule has 0 bridgehead atoms. The van der Waals surface area contributed by atoms with Crippen LogP contribution in [0.1, 0.15) is 148 Å². The van der Waals surface area contributed by atoms with Crippen molar-refractivity contribution in [3.8, 4) is 23.1 Å². The Bertz CT molecular complexity index is 1050. The zero-order valence-corrected chi connectivity index (χ0v) is 26.7. The van der Waals surface area contributed by atoms with Crippen LogP contribution >= 0.6 is 0 Å². The summed E-state index contributed by atoms with van der Waals surface area (Å²) in [6.45, 7) is 4.51. The van der Waals surface area contributed by atoms with E-state index in [0.717, 1.165) is 56.2 Å². The van der Waals surface area contributed by atoms with Gasteiger partial charge in [0, 0.05) is 11.8 Å². The van der Waals surface area contributed by atoms with Crippen molar-refractivity contribution in [2.24, 2.45) is 11.3 Å². The molecule has 1 fully saturated rings. The molecule has 4 nitrogen and oxygen atoms in total. The number of unbranched alkanes of at least 4 members (excludes halogenated alkanes) is 13. The number of rotatable bonds is 20. The van der Waals surface area contributed by atoms with Crippen molar-refractivity contribution in [1.29, 1.82) is 5.26 Å². The van der Waals surface area contributed by atoms with Crippen LogP contribution in [0.15, 0.2) is 42.6 Å². The molecule has 2 aromatic rings. The van der Waals surface area contributed by atoms with E-state index in [1.807, 2.05) is 30.5 Å². The maximum absolute atomic E-state index is 12.9. The molecule has 0 spiro atoms. The molecule has 1 aliphatic rings. The molecular weight excluding hydrogens is 516 g/mol. The molecular formula is C38H56N2O2. The van der Waals surface area contributed by atoms with Crippen molar-refractivity contribution in [3.05, 3.63) is 48.2 Å². The van der Waals surface area contributed by atoms with E-state index >= 15 is 0 Å². The summed E-state index contributed by atoms with van der Waals surface area (Å²) in [7, 11) is 0. The number of hydrogen-bond donors (Lipinski definition) is 0. The predicted octanol–water partition coefficient (Wildman–Crippen LogP) is 11.2. The number of esters is 1. The minimum Gasteiger partial charge on any atom is -0.426 e. The van der Waals surface area contributed by atoms with E-state index in [-0.39, 0.29) is 17.3 Å². The van der Waals surface area contributed by atoms with E-state index < -0.39 is 0 Å². The van der Waals surface area contributed by atoms with Gasteiger partial charge in [-0.1, -0.05) is 110 Å². The number of aryl methyl sites for hydroxylation is 1. The van der Waals surface area contributed by atoms with Gasteiger partial charge in [-0.2, -0.15) is 5.26 Å². The fourth-order valence-corrected chi connectivity index (χ4v) is 6.34. The summed E-state index contributed by atoms with van der Waals surface area (Å²) in [5.41, 5.74) is 3.01. The van der Waals surface area contributed by atoms with Crippen molar-refractivity contribution in [1.82, 2.24) is 4.98 Å². The second-order valence-electron chi connectivity index (χ2n) is 12.8. The van der Waals surface area contributed by atoms with E-state index in [1.54, 1.807) is 0 Å². The van der Waals surface area contributed by atoms with E-state index in [2.05, 4.69) is 32.0 Å². The number of carbonyl (C=O) groups excluding carboxylic acids is 1. The Hall–Kier alpha value is -2.67. The van der Waals surface area contributed by atoms with Gasteiger partial charge in [0.05, 0.1) is 23.1 Å². The smallest absolute Gasteiger partial charge is 0.314 e. The Morgan fingerprint density at radius 1 is 0.810 bits per heavy atom. The molecule has 1 heterocycles.